The second kappa shape index (κ2) is 3.34. The van der Waals surface area contributed by atoms with E-state index in [4.69, 9.17) is 9.47 Å². The van der Waals surface area contributed by atoms with Crippen molar-refractivity contribution in [1.29, 1.82) is 0 Å². The number of fused-ring (bicyclic) bond motifs is 5. The molecule has 0 aromatic carbocycles. The van der Waals surface area contributed by atoms with Crippen LogP contribution in [0, 0.1) is 23.7 Å². The van der Waals surface area contributed by atoms with E-state index in [1.54, 1.807) is 0 Å². The molecule has 3 aliphatic rings. The molecular weight excluding hydrogens is 220 g/mol. The van der Waals surface area contributed by atoms with Gasteiger partial charge in [-0.2, -0.15) is 0 Å². The van der Waals surface area contributed by atoms with Crippen LogP contribution in [-0.2, 0) is 19.1 Å². The number of rotatable bonds is 2. The van der Waals surface area contributed by atoms with Gasteiger partial charge < -0.3 is 9.47 Å². The summed E-state index contributed by atoms with van der Waals surface area (Å²) in [7, 11) is 0. The molecule has 3 fully saturated rings. The third-order valence-electron chi connectivity index (χ3n) is 4.76. The average molecular weight is 236 g/mol. The Bertz CT molecular complexity index is 402. The van der Waals surface area contributed by atoms with E-state index in [0.29, 0.717) is 12.5 Å². The second-order valence-electron chi connectivity index (χ2n) is 5.45. The Morgan fingerprint density at radius 2 is 2.41 bits per heavy atom. The van der Waals surface area contributed by atoms with Gasteiger partial charge in [0.05, 0.1) is 6.61 Å². The molecule has 0 aromatic heterocycles. The van der Waals surface area contributed by atoms with Gasteiger partial charge in [-0.15, -0.1) is 0 Å². The second-order valence-corrected chi connectivity index (χ2v) is 5.45. The minimum atomic E-state index is -0.631. The van der Waals surface area contributed by atoms with Gasteiger partial charge >= 0.3 is 11.9 Å². The van der Waals surface area contributed by atoms with Crippen LogP contribution in [0.15, 0.2) is 12.7 Å². The molecule has 2 aliphatic carbocycles. The van der Waals surface area contributed by atoms with Crippen molar-refractivity contribution in [1.82, 2.24) is 0 Å². The average Bonchev–Trinajstić information content (AvgIpc) is 2.90. The van der Waals surface area contributed by atoms with E-state index in [9.17, 15) is 9.59 Å². The van der Waals surface area contributed by atoms with Gasteiger partial charge in [-0.3, -0.25) is 4.79 Å². The Morgan fingerprint density at radius 1 is 1.65 bits per heavy atom. The van der Waals surface area contributed by atoms with Crippen LogP contribution in [0.25, 0.3) is 0 Å². The van der Waals surface area contributed by atoms with Crippen molar-refractivity contribution in [2.45, 2.75) is 25.4 Å². The van der Waals surface area contributed by atoms with Gasteiger partial charge in [-0.1, -0.05) is 13.5 Å². The highest BCUT2D eigenvalue weighted by atomic mass is 16.6. The summed E-state index contributed by atoms with van der Waals surface area (Å²) in [5, 5.41) is 0. The molecule has 92 valence electrons. The Kier molecular flexibility index (Phi) is 2.12. The highest BCUT2D eigenvalue weighted by molar-refractivity contribution is 5.83. The number of carbonyl (C=O) groups excluding carboxylic acids is 2. The number of ether oxygens (including phenoxy) is 2. The first-order chi connectivity index (χ1) is 8.08. The van der Waals surface area contributed by atoms with Crippen LogP contribution in [0.2, 0.25) is 0 Å². The van der Waals surface area contributed by atoms with E-state index in [1.165, 1.54) is 6.08 Å². The lowest BCUT2D eigenvalue weighted by Gasteiger charge is -2.37. The van der Waals surface area contributed by atoms with Crippen LogP contribution in [0.3, 0.4) is 0 Å². The zero-order valence-electron chi connectivity index (χ0n) is 9.85. The first-order valence-electron chi connectivity index (χ1n) is 6.10. The van der Waals surface area contributed by atoms with Gasteiger partial charge in [0.1, 0.15) is 11.5 Å². The molecule has 1 saturated heterocycles. The molecule has 3 rings (SSSR count). The summed E-state index contributed by atoms with van der Waals surface area (Å²) in [6, 6.07) is 0. The van der Waals surface area contributed by atoms with Crippen molar-refractivity contribution >= 4 is 11.9 Å². The van der Waals surface area contributed by atoms with E-state index in [2.05, 4.69) is 13.5 Å². The van der Waals surface area contributed by atoms with E-state index in [-0.39, 0.29) is 23.7 Å². The van der Waals surface area contributed by atoms with Crippen LogP contribution in [-0.4, -0.2) is 24.1 Å². The third-order valence-corrected chi connectivity index (χ3v) is 4.76. The van der Waals surface area contributed by atoms with Crippen molar-refractivity contribution < 1.29 is 19.1 Å². The lowest BCUT2D eigenvalue weighted by atomic mass is 9.73. The summed E-state index contributed by atoms with van der Waals surface area (Å²) >= 11 is 0. The largest absolute Gasteiger partial charge is 0.465 e. The fourth-order valence-electron chi connectivity index (χ4n) is 4.05. The molecular formula is C13H16O4. The molecule has 2 bridgehead atoms. The topological polar surface area (TPSA) is 52.6 Å². The number of hydrogen-bond acceptors (Lipinski definition) is 4. The monoisotopic (exact) mass is 236 g/mol. The van der Waals surface area contributed by atoms with Crippen LogP contribution >= 0.6 is 0 Å². The van der Waals surface area contributed by atoms with Crippen molar-refractivity contribution in [2.75, 3.05) is 6.61 Å². The minimum absolute atomic E-state index is 0.194. The smallest absolute Gasteiger partial charge is 0.330 e. The molecule has 5 unspecified atom stereocenters. The van der Waals surface area contributed by atoms with Crippen LogP contribution in [0.5, 0.6) is 0 Å². The summed E-state index contributed by atoms with van der Waals surface area (Å²) in [6.07, 6.45) is 2.99. The maximum absolute atomic E-state index is 11.8. The van der Waals surface area contributed by atoms with E-state index < -0.39 is 11.6 Å². The predicted octanol–water partition coefficient (Wildman–Crippen LogP) is 1.30. The van der Waals surface area contributed by atoms with Gasteiger partial charge in [0, 0.05) is 12.0 Å². The molecule has 2 saturated carbocycles. The SMILES string of the molecule is C=CC(=O)OC12CC(CC1C)C1COC(=O)C12. The molecule has 0 spiro atoms. The third kappa shape index (κ3) is 1.24. The first-order valence-corrected chi connectivity index (χ1v) is 6.10. The van der Waals surface area contributed by atoms with Crippen molar-refractivity contribution in [2.24, 2.45) is 23.7 Å². The molecule has 0 N–H and O–H groups in total. The Labute approximate surface area is 100.0 Å². The Hall–Kier alpha value is -1.32. The van der Waals surface area contributed by atoms with Crippen molar-refractivity contribution in [3.63, 3.8) is 0 Å². The van der Waals surface area contributed by atoms with Gasteiger partial charge in [0.15, 0.2) is 0 Å². The highest BCUT2D eigenvalue weighted by Gasteiger charge is 2.69. The van der Waals surface area contributed by atoms with E-state index >= 15 is 0 Å². The molecule has 0 aromatic rings. The lowest BCUT2D eigenvalue weighted by Crippen LogP contribution is -2.47. The first kappa shape index (κ1) is 10.8. The maximum Gasteiger partial charge on any atom is 0.330 e. The zero-order chi connectivity index (χ0) is 12.2. The molecule has 0 amide bonds. The summed E-state index contributed by atoms with van der Waals surface area (Å²) < 4.78 is 10.7. The number of cyclic esters (lactones) is 1. The fourth-order valence-corrected chi connectivity index (χ4v) is 4.05. The summed E-state index contributed by atoms with van der Waals surface area (Å²) in [5.41, 5.74) is -0.631. The van der Waals surface area contributed by atoms with Gasteiger partial charge in [-0.25, -0.2) is 4.79 Å². The van der Waals surface area contributed by atoms with E-state index in [0.717, 1.165) is 12.8 Å². The highest BCUT2D eigenvalue weighted by Crippen LogP contribution is 2.61. The van der Waals surface area contributed by atoms with Crippen LogP contribution < -0.4 is 0 Å². The van der Waals surface area contributed by atoms with Gasteiger partial charge in [0.25, 0.3) is 0 Å². The fraction of sp³-hybridized carbons (Fsp3) is 0.692. The normalized spacial score (nSPS) is 46.5. The van der Waals surface area contributed by atoms with Crippen molar-refractivity contribution in [3.05, 3.63) is 12.7 Å². The molecule has 4 heteroatoms. The Morgan fingerprint density at radius 3 is 3.12 bits per heavy atom. The van der Waals surface area contributed by atoms with E-state index in [1.807, 2.05) is 0 Å². The predicted molar refractivity (Wildman–Crippen MR) is 58.8 cm³/mol. The van der Waals surface area contributed by atoms with Crippen LogP contribution in [0.1, 0.15) is 19.8 Å². The Balaban J connectivity index is 1.96. The zero-order valence-corrected chi connectivity index (χ0v) is 9.85. The molecule has 17 heavy (non-hydrogen) atoms. The summed E-state index contributed by atoms with van der Waals surface area (Å²) in [6.45, 7) is 5.97. The van der Waals surface area contributed by atoms with Gasteiger partial charge in [-0.05, 0) is 24.7 Å². The van der Waals surface area contributed by atoms with Crippen molar-refractivity contribution in [3.8, 4) is 0 Å². The molecule has 1 heterocycles. The number of hydrogen-bond donors (Lipinski definition) is 0. The standard InChI is InChI=1S/C13H16O4/c1-3-10(14)17-13-5-8(4-7(13)2)9-6-16-12(15)11(9)13/h3,7-9,11H,1,4-6H2,2H3. The number of carbonyl (C=O) groups is 2. The van der Waals surface area contributed by atoms with Gasteiger partial charge in [0.2, 0.25) is 0 Å². The lowest BCUT2D eigenvalue weighted by molar-refractivity contribution is -0.170. The summed E-state index contributed by atoms with van der Waals surface area (Å²) in [4.78, 5) is 23.3. The van der Waals surface area contributed by atoms with Crippen LogP contribution in [0.4, 0.5) is 0 Å². The molecule has 5 atom stereocenters. The molecule has 4 nitrogen and oxygen atoms in total. The molecule has 1 aliphatic heterocycles. The maximum atomic E-state index is 11.8. The quantitative estimate of drug-likeness (QED) is 0.535. The summed E-state index contributed by atoms with van der Waals surface area (Å²) in [5.74, 6) is 0.0533. The number of esters is 2. The minimum Gasteiger partial charge on any atom is -0.465 e. The molecule has 0 radical (unpaired) electrons.